The van der Waals surface area contributed by atoms with E-state index in [4.69, 9.17) is 9.47 Å². The number of amides is 3. The van der Waals surface area contributed by atoms with E-state index >= 15 is 0 Å². The first-order valence-electron chi connectivity index (χ1n) is 14.7. The third kappa shape index (κ3) is 8.55. The van der Waals surface area contributed by atoms with E-state index in [1.54, 1.807) is 60.7 Å². The molecular weight excluding hydrogens is 586 g/mol. The van der Waals surface area contributed by atoms with Gasteiger partial charge in [-0.2, -0.15) is 0 Å². The molecule has 5 rings (SSSR count). The lowest BCUT2D eigenvalue weighted by Crippen LogP contribution is -2.30. The van der Waals surface area contributed by atoms with Gasteiger partial charge in [-0.1, -0.05) is 56.3 Å². The lowest BCUT2D eigenvalue weighted by molar-refractivity contribution is -0.115. The summed E-state index contributed by atoms with van der Waals surface area (Å²) in [6.07, 6.45) is 1.66. The fourth-order valence-corrected chi connectivity index (χ4v) is 5.39. The van der Waals surface area contributed by atoms with Gasteiger partial charge in [0.05, 0.1) is 5.25 Å². The van der Waals surface area contributed by atoms with Gasteiger partial charge in [-0.05, 0) is 78.6 Å². The molecule has 1 unspecified atom stereocenters. The number of nitrogens with one attached hydrogen (secondary N) is 3. The molecule has 0 fully saturated rings. The topological polar surface area (TPSA) is 106 Å². The third-order valence-corrected chi connectivity index (χ3v) is 8.16. The maximum absolute atomic E-state index is 13.4. The number of thioether (sulfide) groups is 1. The van der Waals surface area contributed by atoms with Crippen molar-refractivity contribution < 1.29 is 23.9 Å². The molecule has 0 bridgehead atoms. The highest BCUT2D eigenvalue weighted by molar-refractivity contribution is 8.00. The van der Waals surface area contributed by atoms with Crippen LogP contribution >= 0.6 is 11.8 Å². The van der Waals surface area contributed by atoms with Crippen molar-refractivity contribution in [2.45, 2.75) is 36.8 Å². The number of ether oxygens (including phenoxy) is 2. The fraction of sp³-hybridized carbons (Fsp3) is 0.194. The van der Waals surface area contributed by atoms with Gasteiger partial charge in [-0.15, -0.1) is 11.8 Å². The highest BCUT2D eigenvalue weighted by Gasteiger charge is 2.18. The first-order chi connectivity index (χ1) is 21.7. The number of fused-ring (bicyclic) bond motifs is 1. The van der Waals surface area contributed by atoms with Crippen LogP contribution in [0.2, 0.25) is 0 Å². The van der Waals surface area contributed by atoms with Crippen molar-refractivity contribution >= 4 is 46.9 Å². The molecule has 1 atom stereocenters. The number of benzene rings is 4. The van der Waals surface area contributed by atoms with E-state index in [2.05, 4.69) is 29.8 Å². The summed E-state index contributed by atoms with van der Waals surface area (Å²) in [5, 5.41) is 8.19. The second-order valence-electron chi connectivity index (χ2n) is 10.8. The second kappa shape index (κ2) is 14.6. The zero-order chi connectivity index (χ0) is 31.8. The van der Waals surface area contributed by atoms with Crippen LogP contribution in [0.4, 0.5) is 11.4 Å². The molecule has 230 valence electrons. The highest BCUT2D eigenvalue weighted by atomic mass is 32.2. The molecule has 45 heavy (non-hydrogen) atoms. The van der Waals surface area contributed by atoms with Gasteiger partial charge in [0.1, 0.15) is 18.9 Å². The molecule has 0 aromatic heterocycles. The van der Waals surface area contributed by atoms with Gasteiger partial charge in [0.2, 0.25) is 5.91 Å². The summed E-state index contributed by atoms with van der Waals surface area (Å²) in [6, 6.07) is 29.1. The van der Waals surface area contributed by atoms with Crippen molar-refractivity contribution in [1.82, 2.24) is 5.32 Å². The van der Waals surface area contributed by atoms with Gasteiger partial charge >= 0.3 is 0 Å². The van der Waals surface area contributed by atoms with Crippen molar-refractivity contribution in [1.29, 1.82) is 0 Å². The Morgan fingerprint density at radius 1 is 0.756 bits per heavy atom. The van der Waals surface area contributed by atoms with Crippen LogP contribution in [0.25, 0.3) is 6.08 Å². The van der Waals surface area contributed by atoms with Gasteiger partial charge in [0.25, 0.3) is 11.8 Å². The van der Waals surface area contributed by atoms with E-state index in [1.807, 2.05) is 49.4 Å². The Bertz CT molecular complexity index is 1690. The number of carbonyl (C=O) groups excluding carboxylic acids is 3. The Morgan fingerprint density at radius 2 is 1.42 bits per heavy atom. The molecule has 3 amide bonds. The van der Waals surface area contributed by atoms with Gasteiger partial charge in [-0.3, -0.25) is 14.4 Å². The summed E-state index contributed by atoms with van der Waals surface area (Å²) in [4.78, 5) is 40.1. The minimum Gasteiger partial charge on any atom is -0.486 e. The largest absolute Gasteiger partial charge is 0.486 e. The summed E-state index contributed by atoms with van der Waals surface area (Å²) in [6.45, 7) is 7.04. The standard InChI is InChI=1S/C36H35N3O5S/c1-23(2)26-11-9-25(10-12-26)21-31(39-35(41)27-7-5-4-6-8-27)36(42)37-28-13-16-30(17-14-28)45-24(3)34(40)38-29-15-18-32-33(22-29)44-20-19-43-32/h4-18,21-24H,19-20H2,1-3H3,(H,37,42)(H,38,40)(H,39,41)/b31-21-. The zero-order valence-corrected chi connectivity index (χ0v) is 26.1. The summed E-state index contributed by atoms with van der Waals surface area (Å²) in [5.74, 6) is 0.654. The minimum absolute atomic E-state index is 0.115. The minimum atomic E-state index is -0.459. The van der Waals surface area contributed by atoms with Crippen molar-refractivity contribution in [3.05, 3.63) is 119 Å². The SMILES string of the molecule is CC(Sc1ccc(NC(=O)/C(=C/c2ccc(C(C)C)cc2)NC(=O)c2ccccc2)cc1)C(=O)Nc1ccc2c(c1)OCCO2. The molecule has 3 N–H and O–H groups in total. The number of rotatable bonds is 10. The average molecular weight is 622 g/mol. The molecule has 0 radical (unpaired) electrons. The van der Waals surface area contributed by atoms with Crippen LogP contribution in [-0.2, 0) is 9.59 Å². The van der Waals surface area contributed by atoms with E-state index in [1.165, 1.54) is 17.3 Å². The molecular formula is C36H35N3O5S. The number of hydrogen-bond donors (Lipinski definition) is 3. The Morgan fingerprint density at radius 3 is 2.11 bits per heavy atom. The molecule has 1 heterocycles. The maximum Gasteiger partial charge on any atom is 0.272 e. The predicted molar refractivity (Wildman–Crippen MR) is 179 cm³/mol. The quantitative estimate of drug-likeness (QED) is 0.129. The summed E-state index contributed by atoms with van der Waals surface area (Å²) < 4.78 is 11.1. The van der Waals surface area contributed by atoms with Gasteiger partial charge in [0.15, 0.2) is 11.5 Å². The molecule has 0 saturated carbocycles. The maximum atomic E-state index is 13.4. The first-order valence-corrected chi connectivity index (χ1v) is 15.6. The lowest BCUT2D eigenvalue weighted by Gasteiger charge is -2.19. The van der Waals surface area contributed by atoms with Crippen molar-refractivity contribution in [3.8, 4) is 11.5 Å². The molecule has 0 spiro atoms. The van der Waals surface area contributed by atoms with Crippen LogP contribution in [-0.4, -0.2) is 36.2 Å². The van der Waals surface area contributed by atoms with Crippen LogP contribution in [0.1, 0.15) is 48.2 Å². The molecule has 0 aliphatic carbocycles. The van der Waals surface area contributed by atoms with Gasteiger partial charge in [0, 0.05) is 27.9 Å². The number of anilines is 2. The van der Waals surface area contributed by atoms with E-state index in [9.17, 15) is 14.4 Å². The van der Waals surface area contributed by atoms with E-state index in [-0.39, 0.29) is 22.8 Å². The number of carbonyl (C=O) groups is 3. The highest BCUT2D eigenvalue weighted by Crippen LogP contribution is 2.33. The monoisotopic (exact) mass is 621 g/mol. The molecule has 8 nitrogen and oxygen atoms in total. The van der Waals surface area contributed by atoms with Crippen LogP contribution < -0.4 is 25.4 Å². The third-order valence-electron chi connectivity index (χ3n) is 7.05. The van der Waals surface area contributed by atoms with Crippen molar-refractivity contribution in [2.75, 3.05) is 23.8 Å². The van der Waals surface area contributed by atoms with Crippen molar-refractivity contribution in [3.63, 3.8) is 0 Å². The number of hydrogen-bond acceptors (Lipinski definition) is 6. The normalized spacial score (nSPS) is 13.1. The van der Waals surface area contributed by atoms with Crippen LogP contribution in [0, 0.1) is 0 Å². The molecule has 1 aliphatic heterocycles. The smallest absolute Gasteiger partial charge is 0.272 e. The van der Waals surface area contributed by atoms with E-state index in [0.29, 0.717) is 47.6 Å². The van der Waals surface area contributed by atoms with Crippen LogP contribution in [0.5, 0.6) is 11.5 Å². The van der Waals surface area contributed by atoms with Crippen LogP contribution in [0.3, 0.4) is 0 Å². The van der Waals surface area contributed by atoms with E-state index in [0.717, 1.165) is 10.5 Å². The zero-order valence-electron chi connectivity index (χ0n) is 25.3. The Balaban J connectivity index is 1.23. The molecule has 4 aromatic rings. The van der Waals surface area contributed by atoms with Gasteiger partial charge < -0.3 is 25.4 Å². The average Bonchev–Trinajstić information content (AvgIpc) is 3.05. The summed E-state index contributed by atoms with van der Waals surface area (Å²) in [5.41, 5.74) is 3.71. The Kier molecular flexibility index (Phi) is 10.2. The van der Waals surface area contributed by atoms with Gasteiger partial charge in [-0.25, -0.2) is 0 Å². The van der Waals surface area contributed by atoms with E-state index < -0.39 is 5.91 Å². The lowest BCUT2D eigenvalue weighted by atomic mass is 10.0. The Labute approximate surface area is 267 Å². The molecule has 4 aromatic carbocycles. The summed E-state index contributed by atoms with van der Waals surface area (Å²) >= 11 is 1.40. The second-order valence-corrected chi connectivity index (χ2v) is 12.2. The molecule has 9 heteroatoms. The predicted octanol–water partition coefficient (Wildman–Crippen LogP) is 7.11. The fourth-order valence-electron chi connectivity index (χ4n) is 4.52. The van der Waals surface area contributed by atoms with Crippen LogP contribution in [0.15, 0.2) is 108 Å². The molecule has 1 aliphatic rings. The first kappa shape index (κ1) is 31.4. The molecule has 0 saturated heterocycles. The summed E-state index contributed by atoms with van der Waals surface area (Å²) in [7, 11) is 0. The van der Waals surface area contributed by atoms with Crippen molar-refractivity contribution in [2.24, 2.45) is 0 Å². The Hall–Kier alpha value is -5.02.